The quantitative estimate of drug-likeness (QED) is 0.436. The van der Waals surface area contributed by atoms with Gasteiger partial charge >= 0.3 is 0 Å². The maximum Gasteiger partial charge on any atom is 0.234 e. The maximum atomic E-state index is 13.6. The SMILES string of the molecule is CN1C(=O)C2C(C1=O)C1C=C(c3ccc(CO)cc3)C2C(c2cccs2)N1Cc1cc2c(cc1Br)OCO2. The van der Waals surface area contributed by atoms with Gasteiger partial charge in [0, 0.05) is 34.9 Å². The molecule has 2 bridgehead atoms. The zero-order chi connectivity index (χ0) is 26.1. The predicted octanol–water partition coefficient (Wildman–Crippen LogP) is 4.60. The Kier molecular flexibility index (Phi) is 5.74. The molecule has 7 nitrogen and oxygen atoms in total. The summed E-state index contributed by atoms with van der Waals surface area (Å²) in [5.41, 5.74) is 3.99. The molecule has 5 heterocycles. The number of piperidine rings is 1. The number of imide groups is 1. The molecule has 5 aliphatic rings. The zero-order valence-electron chi connectivity index (χ0n) is 20.5. The topological polar surface area (TPSA) is 79.3 Å². The van der Waals surface area contributed by atoms with E-state index >= 15 is 0 Å². The Morgan fingerprint density at radius 3 is 2.47 bits per heavy atom. The Labute approximate surface area is 232 Å². The molecule has 5 atom stereocenters. The number of aliphatic hydroxyl groups is 1. The van der Waals surface area contributed by atoms with Gasteiger partial charge in [0.2, 0.25) is 18.6 Å². The maximum absolute atomic E-state index is 13.6. The van der Waals surface area contributed by atoms with Crippen LogP contribution in [0.25, 0.3) is 5.57 Å². The zero-order valence-corrected chi connectivity index (χ0v) is 22.9. The van der Waals surface area contributed by atoms with Gasteiger partial charge in [-0.2, -0.15) is 0 Å². The van der Waals surface area contributed by atoms with E-state index in [1.54, 1.807) is 18.4 Å². The number of amides is 2. The van der Waals surface area contributed by atoms with Crippen molar-refractivity contribution in [3.63, 3.8) is 0 Å². The van der Waals surface area contributed by atoms with Gasteiger partial charge in [0.05, 0.1) is 24.5 Å². The highest BCUT2D eigenvalue weighted by Crippen LogP contribution is 2.59. The molecule has 0 saturated carbocycles. The number of nitrogens with zero attached hydrogens (tertiary/aromatic N) is 2. The van der Waals surface area contributed by atoms with Crippen LogP contribution in [0.5, 0.6) is 11.5 Å². The van der Waals surface area contributed by atoms with Crippen molar-refractivity contribution in [1.29, 1.82) is 0 Å². The largest absolute Gasteiger partial charge is 0.454 e. The first kappa shape index (κ1) is 24.1. The molecule has 1 aliphatic carbocycles. The number of halogens is 1. The lowest BCUT2D eigenvalue weighted by Gasteiger charge is -2.54. The van der Waals surface area contributed by atoms with Gasteiger partial charge in [0.15, 0.2) is 11.5 Å². The number of rotatable bonds is 5. The number of likely N-dealkylation sites (tertiary alicyclic amines) is 1. The van der Waals surface area contributed by atoms with Crippen molar-refractivity contribution in [3.05, 3.63) is 86.0 Å². The van der Waals surface area contributed by atoms with Crippen LogP contribution in [0, 0.1) is 17.8 Å². The van der Waals surface area contributed by atoms with Gasteiger partial charge in [-0.15, -0.1) is 11.3 Å². The van der Waals surface area contributed by atoms with E-state index in [1.807, 2.05) is 42.5 Å². The van der Waals surface area contributed by atoms with Crippen molar-refractivity contribution >= 4 is 44.7 Å². The van der Waals surface area contributed by atoms with E-state index in [9.17, 15) is 14.7 Å². The molecule has 1 aromatic heterocycles. The van der Waals surface area contributed by atoms with Crippen LogP contribution < -0.4 is 9.47 Å². The van der Waals surface area contributed by atoms with Crippen LogP contribution in [0.4, 0.5) is 0 Å². The van der Waals surface area contributed by atoms with E-state index in [-0.39, 0.29) is 43.2 Å². The lowest BCUT2D eigenvalue weighted by Crippen LogP contribution is -2.58. The summed E-state index contributed by atoms with van der Waals surface area (Å²) in [4.78, 5) is 31.9. The molecular formula is C29H25BrN2O5S. The van der Waals surface area contributed by atoms with E-state index in [2.05, 4.69) is 38.4 Å². The summed E-state index contributed by atoms with van der Waals surface area (Å²) < 4.78 is 12.1. The Hall–Kier alpha value is -2.98. The molecular weight excluding hydrogens is 568 g/mol. The highest BCUT2D eigenvalue weighted by molar-refractivity contribution is 9.10. The summed E-state index contributed by atoms with van der Waals surface area (Å²) in [6.07, 6.45) is 2.20. The lowest BCUT2D eigenvalue weighted by atomic mass is 9.61. The summed E-state index contributed by atoms with van der Waals surface area (Å²) in [5.74, 6) is 0.169. The highest BCUT2D eigenvalue weighted by atomic mass is 79.9. The number of hydrogen-bond acceptors (Lipinski definition) is 7. The van der Waals surface area contributed by atoms with Crippen molar-refractivity contribution in [1.82, 2.24) is 9.80 Å². The van der Waals surface area contributed by atoms with Crippen molar-refractivity contribution in [2.75, 3.05) is 13.8 Å². The fraction of sp³-hybridized carbons (Fsp3) is 0.310. The number of carbonyl (C=O) groups excluding carboxylic acids is 2. The molecule has 194 valence electrons. The van der Waals surface area contributed by atoms with Gasteiger partial charge < -0.3 is 14.6 Å². The number of hydrogen-bond donors (Lipinski definition) is 1. The number of benzene rings is 2. The molecule has 0 spiro atoms. The summed E-state index contributed by atoms with van der Waals surface area (Å²) in [6, 6.07) is 15.6. The van der Waals surface area contributed by atoms with Gasteiger partial charge in [-0.25, -0.2) is 0 Å². The molecule has 8 rings (SSSR count). The lowest BCUT2D eigenvalue weighted by molar-refractivity contribution is -0.138. The fourth-order valence-electron chi connectivity index (χ4n) is 6.62. The third-order valence-corrected chi connectivity index (χ3v) is 10.0. The van der Waals surface area contributed by atoms with Gasteiger partial charge in [0.25, 0.3) is 0 Å². The molecule has 5 unspecified atom stereocenters. The van der Waals surface area contributed by atoms with E-state index in [0.29, 0.717) is 18.0 Å². The molecule has 9 heteroatoms. The van der Waals surface area contributed by atoms with E-state index in [0.717, 1.165) is 26.7 Å². The average molecular weight is 593 g/mol. The Balaban J connectivity index is 1.39. The minimum Gasteiger partial charge on any atom is -0.454 e. The Morgan fingerprint density at radius 2 is 1.76 bits per heavy atom. The van der Waals surface area contributed by atoms with Gasteiger partial charge in [-0.1, -0.05) is 52.3 Å². The summed E-state index contributed by atoms with van der Waals surface area (Å²) >= 11 is 5.40. The summed E-state index contributed by atoms with van der Waals surface area (Å²) in [5, 5.41) is 11.6. The second-order valence-corrected chi connectivity index (χ2v) is 12.0. The van der Waals surface area contributed by atoms with Crippen molar-refractivity contribution in [2.24, 2.45) is 17.8 Å². The molecule has 3 aromatic rings. The van der Waals surface area contributed by atoms with Gasteiger partial charge in [0.1, 0.15) is 0 Å². The normalized spacial score (nSPS) is 27.7. The predicted molar refractivity (Wildman–Crippen MR) is 145 cm³/mol. The van der Waals surface area contributed by atoms with Crippen molar-refractivity contribution in [3.8, 4) is 11.5 Å². The minimum absolute atomic E-state index is 0.0239. The molecule has 0 radical (unpaired) electrons. The monoisotopic (exact) mass is 592 g/mol. The minimum atomic E-state index is -0.429. The molecule has 2 fully saturated rings. The second kappa shape index (κ2) is 9.05. The third-order valence-electron chi connectivity index (χ3n) is 8.36. The summed E-state index contributed by atoms with van der Waals surface area (Å²) in [6.45, 7) is 0.748. The average Bonchev–Trinajstić information content (AvgIpc) is 3.68. The van der Waals surface area contributed by atoms with Crippen molar-refractivity contribution < 1.29 is 24.2 Å². The number of carbonyl (C=O) groups is 2. The first-order chi connectivity index (χ1) is 18.5. The number of aliphatic hydroxyl groups excluding tert-OH is 1. The van der Waals surface area contributed by atoms with Crippen LogP contribution in [0.1, 0.15) is 27.6 Å². The molecule has 2 saturated heterocycles. The first-order valence-electron chi connectivity index (χ1n) is 12.6. The van der Waals surface area contributed by atoms with Crippen LogP contribution in [0.15, 0.2) is 64.5 Å². The third kappa shape index (κ3) is 3.52. The van der Waals surface area contributed by atoms with E-state index in [1.165, 1.54) is 9.78 Å². The molecule has 2 aromatic carbocycles. The number of ether oxygens (including phenoxy) is 2. The van der Waals surface area contributed by atoms with Gasteiger partial charge in [-0.3, -0.25) is 19.4 Å². The van der Waals surface area contributed by atoms with Crippen LogP contribution in [-0.4, -0.2) is 46.6 Å². The van der Waals surface area contributed by atoms with E-state index < -0.39 is 11.8 Å². The highest BCUT2D eigenvalue weighted by Gasteiger charge is 2.63. The van der Waals surface area contributed by atoms with Crippen LogP contribution in [0.2, 0.25) is 0 Å². The Bertz CT molecular complexity index is 1470. The molecule has 1 N–H and O–H groups in total. The first-order valence-corrected chi connectivity index (χ1v) is 14.2. The standard InChI is InChI=1S/C29H25BrN2O5S/c1-31-28(34)25-20-10-18(16-6-4-15(13-33)5-7-16)24(26(25)29(31)35)27(23-3-2-8-38-23)32(20)12-17-9-21-22(11-19(17)30)37-14-36-21/h2-11,20,24-27,33H,12-14H2,1H3. The van der Waals surface area contributed by atoms with Crippen LogP contribution in [0.3, 0.4) is 0 Å². The second-order valence-electron chi connectivity index (χ2n) is 10.2. The fourth-order valence-corrected chi connectivity index (χ4v) is 7.96. The molecule has 38 heavy (non-hydrogen) atoms. The smallest absolute Gasteiger partial charge is 0.234 e. The summed E-state index contributed by atoms with van der Waals surface area (Å²) in [7, 11) is 1.61. The van der Waals surface area contributed by atoms with Crippen LogP contribution >= 0.6 is 27.3 Å². The molecule has 2 amide bonds. The number of thiophene rings is 1. The van der Waals surface area contributed by atoms with E-state index in [4.69, 9.17) is 9.47 Å². The van der Waals surface area contributed by atoms with Crippen molar-refractivity contribution in [2.45, 2.75) is 25.2 Å². The Morgan fingerprint density at radius 1 is 1.03 bits per heavy atom. The molecule has 4 aliphatic heterocycles. The van der Waals surface area contributed by atoms with Gasteiger partial charge in [-0.05, 0) is 45.8 Å². The number of fused-ring (bicyclic) bond motifs is 2. The van der Waals surface area contributed by atoms with Crippen LogP contribution in [-0.2, 0) is 22.7 Å².